The molecule has 33 heavy (non-hydrogen) atoms. The third-order valence-electron chi connectivity index (χ3n) is 5.31. The van der Waals surface area contributed by atoms with Crippen LogP contribution in [-0.4, -0.2) is 24.7 Å². The van der Waals surface area contributed by atoms with E-state index in [1.807, 2.05) is 24.3 Å². The molecular formula is C26H33NO5P+. The Bertz CT molecular complexity index is 990. The van der Waals surface area contributed by atoms with Crippen molar-refractivity contribution in [2.45, 2.75) is 45.6 Å². The lowest BCUT2D eigenvalue weighted by Crippen LogP contribution is -2.16. The average molecular weight is 471 g/mol. The lowest BCUT2D eigenvalue weighted by atomic mass is 10.1. The molecule has 1 heterocycles. The lowest BCUT2D eigenvalue weighted by Gasteiger charge is -2.13. The fourth-order valence-electron chi connectivity index (χ4n) is 3.67. The topological polar surface area (TPSA) is 80.9 Å². The van der Waals surface area contributed by atoms with Crippen LogP contribution in [0.15, 0.2) is 65.3 Å². The highest BCUT2D eigenvalue weighted by Gasteiger charge is 2.12. The summed E-state index contributed by atoms with van der Waals surface area (Å²) in [6.45, 7) is 4.44. The smallest absolute Gasteiger partial charge is 0.493 e. The maximum Gasteiger partial charge on any atom is 0.694 e. The fraction of sp³-hybridized carbons (Fsp3) is 0.385. The van der Waals surface area contributed by atoms with Crippen molar-refractivity contribution in [1.82, 2.24) is 5.32 Å². The molecule has 0 fully saturated rings. The number of unbranched alkanes of at least 4 members (excludes halogenated alkanes) is 2. The van der Waals surface area contributed by atoms with E-state index in [9.17, 15) is 4.57 Å². The van der Waals surface area contributed by atoms with Crippen molar-refractivity contribution >= 4 is 8.25 Å². The molecular weight excluding hydrogens is 437 g/mol. The van der Waals surface area contributed by atoms with Crippen LogP contribution in [0.1, 0.15) is 42.4 Å². The van der Waals surface area contributed by atoms with Gasteiger partial charge in [-0.2, -0.15) is 0 Å². The quantitative estimate of drug-likeness (QED) is 0.204. The van der Waals surface area contributed by atoms with Gasteiger partial charge >= 0.3 is 8.25 Å². The second-order valence-electron chi connectivity index (χ2n) is 8.06. The Morgan fingerprint density at radius 1 is 0.970 bits per heavy atom. The van der Waals surface area contributed by atoms with E-state index in [2.05, 4.69) is 47.1 Å². The van der Waals surface area contributed by atoms with Crippen molar-refractivity contribution in [2.24, 2.45) is 0 Å². The van der Waals surface area contributed by atoms with Crippen LogP contribution in [0.4, 0.5) is 0 Å². The molecule has 0 bridgehead atoms. The van der Waals surface area contributed by atoms with Crippen LogP contribution in [0.5, 0.6) is 5.75 Å². The maximum absolute atomic E-state index is 10.5. The minimum atomic E-state index is -2.52. The zero-order valence-electron chi connectivity index (χ0n) is 19.2. The Hall–Kier alpha value is -2.50. The molecule has 1 unspecified atom stereocenters. The molecule has 1 aromatic heterocycles. The fourth-order valence-corrected chi connectivity index (χ4v) is 3.95. The number of aryl methyl sites for hydroxylation is 2. The summed E-state index contributed by atoms with van der Waals surface area (Å²) in [6.07, 6.45) is 6.72. The molecule has 0 aliphatic heterocycles. The zero-order chi connectivity index (χ0) is 23.3. The van der Waals surface area contributed by atoms with Gasteiger partial charge in [0.25, 0.3) is 0 Å². The molecule has 6 nitrogen and oxygen atoms in total. The number of hydrogen-bond donors (Lipinski definition) is 2. The van der Waals surface area contributed by atoms with Gasteiger partial charge in [0.1, 0.15) is 18.1 Å². The second-order valence-corrected chi connectivity index (χ2v) is 8.79. The number of ether oxygens (including phenoxy) is 1. The molecule has 2 N–H and O–H groups in total. The number of rotatable bonds is 15. The Morgan fingerprint density at radius 2 is 1.88 bits per heavy atom. The largest absolute Gasteiger partial charge is 0.694 e. The SMILES string of the molecule is Cc1cccc(CCCCCOc2ccc(CNCCCO[P+](=O)O)cc2-c2ccco2)c1. The molecule has 1 atom stereocenters. The first-order chi connectivity index (χ1) is 16.1. The predicted molar refractivity (Wildman–Crippen MR) is 130 cm³/mol. The minimum Gasteiger partial charge on any atom is -0.493 e. The van der Waals surface area contributed by atoms with E-state index < -0.39 is 8.25 Å². The number of benzene rings is 2. The Kier molecular flexibility index (Phi) is 10.6. The van der Waals surface area contributed by atoms with Crippen LogP contribution < -0.4 is 10.1 Å². The van der Waals surface area contributed by atoms with Gasteiger partial charge in [-0.1, -0.05) is 35.9 Å². The van der Waals surface area contributed by atoms with Crippen molar-refractivity contribution in [2.75, 3.05) is 19.8 Å². The highest BCUT2D eigenvalue weighted by atomic mass is 31.1. The van der Waals surface area contributed by atoms with Gasteiger partial charge in [0, 0.05) is 11.1 Å². The summed E-state index contributed by atoms with van der Waals surface area (Å²) in [5.74, 6) is 1.61. The molecule has 2 aromatic carbocycles. The molecule has 3 aromatic rings. The molecule has 0 spiro atoms. The number of nitrogens with one attached hydrogen (secondary N) is 1. The normalized spacial score (nSPS) is 11.5. The summed E-state index contributed by atoms with van der Waals surface area (Å²) in [7, 11) is -2.52. The molecule has 0 amide bonds. The van der Waals surface area contributed by atoms with E-state index in [4.69, 9.17) is 14.0 Å². The molecule has 3 rings (SSSR count). The number of hydrogen-bond acceptors (Lipinski definition) is 5. The summed E-state index contributed by atoms with van der Waals surface area (Å²) in [5, 5.41) is 3.32. The van der Waals surface area contributed by atoms with E-state index in [1.54, 1.807) is 6.26 Å². The zero-order valence-corrected chi connectivity index (χ0v) is 20.1. The Morgan fingerprint density at radius 3 is 2.67 bits per heavy atom. The summed E-state index contributed by atoms with van der Waals surface area (Å²) in [5.41, 5.74) is 4.77. The second kappa shape index (κ2) is 13.9. The maximum atomic E-state index is 10.5. The van der Waals surface area contributed by atoms with Crippen LogP contribution in [-0.2, 0) is 22.1 Å². The molecule has 0 radical (unpaired) electrons. The van der Waals surface area contributed by atoms with E-state index in [-0.39, 0.29) is 6.61 Å². The molecule has 7 heteroatoms. The third-order valence-corrected chi connectivity index (χ3v) is 5.71. The van der Waals surface area contributed by atoms with Crippen LogP contribution in [0.3, 0.4) is 0 Å². The first-order valence-electron chi connectivity index (χ1n) is 11.5. The van der Waals surface area contributed by atoms with Gasteiger partial charge < -0.3 is 14.5 Å². The van der Waals surface area contributed by atoms with E-state index in [1.165, 1.54) is 11.1 Å². The summed E-state index contributed by atoms with van der Waals surface area (Å²) in [4.78, 5) is 8.64. The third kappa shape index (κ3) is 9.10. The molecule has 0 saturated heterocycles. The van der Waals surface area contributed by atoms with Gasteiger partial charge in [-0.3, -0.25) is 0 Å². The van der Waals surface area contributed by atoms with Crippen LogP contribution in [0.2, 0.25) is 0 Å². The Balaban J connectivity index is 1.45. The van der Waals surface area contributed by atoms with Gasteiger partial charge in [0.15, 0.2) is 0 Å². The molecule has 0 aliphatic rings. The monoisotopic (exact) mass is 470 g/mol. The minimum absolute atomic E-state index is 0.258. The van der Waals surface area contributed by atoms with E-state index in [0.717, 1.165) is 48.3 Å². The van der Waals surface area contributed by atoms with Crippen molar-refractivity contribution in [3.63, 3.8) is 0 Å². The van der Waals surface area contributed by atoms with Crippen molar-refractivity contribution in [1.29, 1.82) is 0 Å². The Labute approximate surface area is 196 Å². The first kappa shape index (κ1) is 25.1. The molecule has 0 saturated carbocycles. The summed E-state index contributed by atoms with van der Waals surface area (Å²) < 4.78 is 26.9. The van der Waals surface area contributed by atoms with Crippen LogP contribution in [0, 0.1) is 6.92 Å². The van der Waals surface area contributed by atoms with Crippen LogP contribution >= 0.6 is 8.25 Å². The van der Waals surface area contributed by atoms with Gasteiger partial charge in [0.2, 0.25) is 0 Å². The van der Waals surface area contributed by atoms with Gasteiger partial charge in [-0.15, -0.1) is 9.42 Å². The van der Waals surface area contributed by atoms with Crippen LogP contribution in [0.25, 0.3) is 11.3 Å². The standard InChI is InChI=1S/C26H32NO5P/c1-21-8-5-10-22(18-21)9-3-2-4-15-30-26-13-12-23(19-24(26)25-11-6-16-31-25)20-27-14-7-17-32-33(28)29/h5-6,8,10-13,16,18-19,27H,2-4,7,9,14-15,17,20H2,1H3/p+1. The number of furan rings is 1. The van der Waals surface area contributed by atoms with Crippen molar-refractivity contribution in [3.8, 4) is 17.1 Å². The summed E-state index contributed by atoms with van der Waals surface area (Å²) in [6, 6.07) is 18.7. The van der Waals surface area contributed by atoms with Gasteiger partial charge in [-0.05, 0) is 81.0 Å². The van der Waals surface area contributed by atoms with Gasteiger partial charge in [-0.25, -0.2) is 0 Å². The van der Waals surface area contributed by atoms with Crippen molar-refractivity contribution in [3.05, 3.63) is 77.6 Å². The van der Waals surface area contributed by atoms with E-state index in [0.29, 0.717) is 26.1 Å². The van der Waals surface area contributed by atoms with Gasteiger partial charge in [0.05, 0.1) is 18.4 Å². The highest BCUT2D eigenvalue weighted by Crippen LogP contribution is 2.31. The first-order valence-corrected chi connectivity index (χ1v) is 12.6. The lowest BCUT2D eigenvalue weighted by molar-refractivity contribution is 0.276. The van der Waals surface area contributed by atoms with E-state index >= 15 is 0 Å². The van der Waals surface area contributed by atoms with Crippen molar-refractivity contribution < 1.29 is 23.1 Å². The molecule has 0 aliphatic carbocycles. The predicted octanol–water partition coefficient (Wildman–Crippen LogP) is 6.19. The molecule has 176 valence electrons. The average Bonchev–Trinajstić information content (AvgIpc) is 3.34. The highest BCUT2D eigenvalue weighted by molar-refractivity contribution is 7.32. The summed E-state index contributed by atoms with van der Waals surface area (Å²) >= 11 is 0.